The molecule has 0 radical (unpaired) electrons. The zero-order chi connectivity index (χ0) is 24.4. The number of imidazole rings is 1. The van der Waals surface area contributed by atoms with Crippen molar-refractivity contribution < 1.29 is 22.7 Å². The van der Waals surface area contributed by atoms with Crippen molar-refractivity contribution >= 4 is 26.8 Å². The Morgan fingerprint density at radius 2 is 1.94 bits per heavy atom. The summed E-state index contributed by atoms with van der Waals surface area (Å²) in [5.41, 5.74) is 2.98. The number of benzene rings is 2. The van der Waals surface area contributed by atoms with E-state index in [0.29, 0.717) is 42.7 Å². The van der Waals surface area contributed by atoms with Crippen molar-refractivity contribution in [2.24, 2.45) is 0 Å². The van der Waals surface area contributed by atoms with Crippen molar-refractivity contribution in [1.82, 2.24) is 19.9 Å². The quantitative estimate of drug-likeness (QED) is 0.419. The first-order chi connectivity index (χ1) is 16.9. The molecule has 9 nitrogen and oxygen atoms in total. The average molecular weight is 493 g/mol. The first-order valence-corrected chi connectivity index (χ1v) is 12.9. The van der Waals surface area contributed by atoms with Gasteiger partial charge in [-0.25, -0.2) is 13.4 Å². The maximum absolute atomic E-state index is 12.4. The molecular weight excluding hydrogens is 468 g/mol. The standard InChI is InChI=1S/C25H24N4O5S/c1-2-35(31,32)20-8-6-18(7-9-20)34-19-13-17(15-29-11-12-33-16-23(29)30)24-22(14-19)27-25(28-24)21-5-3-4-10-26-21/h3-10,13-14H,2,11-12,15-16H2,1H3,(H,27,28). The smallest absolute Gasteiger partial charge is 0.248 e. The lowest BCUT2D eigenvalue weighted by atomic mass is 10.1. The second kappa shape index (κ2) is 9.47. The van der Waals surface area contributed by atoms with E-state index < -0.39 is 9.84 Å². The third kappa shape index (κ3) is 4.89. The molecule has 3 heterocycles. The SMILES string of the molecule is CCS(=O)(=O)c1ccc(Oc2cc(CN3CCOCC3=O)c3nc(-c4ccccn4)[nH]c3c2)cc1. The first kappa shape index (κ1) is 23.0. The van der Waals surface area contributed by atoms with Crippen molar-refractivity contribution in [2.75, 3.05) is 25.5 Å². The number of amides is 1. The summed E-state index contributed by atoms with van der Waals surface area (Å²) in [7, 11) is -3.29. The fourth-order valence-electron chi connectivity index (χ4n) is 3.90. The van der Waals surface area contributed by atoms with Crippen LogP contribution in [0.1, 0.15) is 12.5 Å². The molecule has 0 atom stereocenters. The summed E-state index contributed by atoms with van der Waals surface area (Å²) in [5, 5.41) is 0. The highest BCUT2D eigenvalue weighted by atomic mass is 32.2. The molecule has 4 aromatic rings. The summed E-state index contributed by atoms with van der Waals surface area (Å²) in [4.78, 5) is 26.8. The number of morpholine rings is 1. The summed E-state index contributed by atoms with van der Waals surface area (Å²) in [5.74, 6) is 1.60. The maximum atomic E-state index is 12.4. The topological polar surface area (TPSA) is 114 Å². The fourth-order valence-corrected chi connectivity index (χ4v) is 4.79. The molecule has 0 spiro atoms. The summed E-state index contributed by atoms with van der Waals surface area (Å²) >= 11 is 0. The van der Waals surface area contributed by atoms with Crippen LogP contribution < -0.4 is 4.74 Å². The number of carbonyl (C=O) groups excluding carboxylic acids is 1. The van der Waals surface area contributed by atoms with Crippen LogP contribution in [0.5, 0.6) is 11.5 Å². The zero-order valence-corrected chi connectivity index (χ0v) is 19.9. The predicted octanol–water partition coefficient (Wildman–Crippen LogP) is 3.57. The molecule has 2 aromatic heterocycles. The van der Waals surface area contributed by atoms with Gasteiger partial charge < -0.3 is 19.4 Å². The Bertz CT molecular complexity index is 1470. The van der Waals surface area contributed by atoms with E-state index in [0.717, 1.165) is 16.6 Å². The number of hydrogen-bond acceptors (Lipinski definition) is 7. The number of ether oxygens (including phenoxy) is 2. The van der Waals surface area contributed by atoms with Crippen molar-refractivity contribution in [1.29, 1.82) is 0 Å². The zero-order valence-electron chi connectivity index (χ0n) is 19.1. The maximum Gasteiger partial charge on any atom is 0.248 e. The Morgan fingerprint density at radius 3 is 2.66 bits per heavy atom. The number of nitrogens with one attached hydrogen (secondary N) is 1. The first-order valence-electron chi connectivity index (χ1n) is 11.2. The number of aromatic nitrogens is 3. The minimum atomic E-state index is -3.29. The van der Waals surface area contributed by atoms with Gasteiger partial charge in [0.2, 0.25) is 5.91 Å². The van der Waals surface area contributed by atoms with E-state index in [1.165, 1.54) is 12.1 Å². The van der Waals surface area contributed by atoms with Gasteiger partial charge in [0.1, 0.15) is 23.8 Å². The monoisotopic (exact) mass is 492 g/mol. The molecule has 10 heteroatoms. The predicted molar refractivity (Wildman–Crippen MR) is 130 cm³/mol. The van der Waals surface area contributed by atoms with Crippen LogP contribution in [0.3, 0.4) is 0 Å². The molecule has 1 saturated heterocycles. The minimum Gasteiger partial charge on any atom is -0.457 e. The van der Waals surface area contributed by atoms with Gasteiger partial charge in [-0.15, -0.1) is 0 Å². The lowest BCUT2D eigenvalue weighted by Crippen LogP contribution is -2.40. The van der Waals surface area contributed by atoms with Gasteiger partial charge >= 0.3 is 0 Å². The van der Waals surface area contributed by atoms with Gasteiger partial charge in [0.05, 0.1) is 28.3 Å². The number of carbonyl (C=O) groups is 1. The molecular formula is C25H24N4O5S. The van der Waals surface area contributed by atoms with Crippen LogP contribution in [0.15, 0.2) is 65.7 Å². The molecule has 1 aliphatic heterocycles. The molecule has 2 aromatic carbocycles. The normalized spacial score (nSPS) is 14.4. The van der Waals surface area contributed by atoms with Gasteiger partial charge in [0, 0.05) is 30.9 Å². The molecule has 0 unspecified atom stereocenters. The van der Waals surface area contributed by atoms with Gasteiger partial charge in [-0.1, -0.05) is 13.0 Å². The van der Waals surface area contributed by atoms with Crippen molar-refractivity contribution in [3.8, 4) is 23.0 Å². The van der Waals surface area contributed by atoms with Crippen LogP contribution in [-0.2, 0) is 25.9 Å². The van der Waals surface area contributed by atoms with Crippen LogP contribution in [0.25, 0.3) is 22.6 Å². The molecule has 35 heavy (non-hydrogen) atoms. The van der Waals surface area contributed by atoms with E-state index in [4.69, 9.17) is 14.5 Å². The third-order valence-corrected chi connectivity index (χ3v) is 7.54. The highest BCUT2D eigenvalue weighted by Crippen LogP contribution is 2.31. The van der Waals surface area contributed by atoms with E-state index in [9.17, 15) is 13.2 Å². The number of fused-ring (bicyclic) bond motifs is 1. The van der Waals surface area contributed by atoms with Crippen LogP contribution in [0.4, 0.5) is 0 Å². The largest absolute Gasteiger partial charge is 0.457 e. The minimum absolute atomic E-state index is 0.0337. The second-order valence-corrected chi connectivity index (χ2v) is 10.4. The molecule has 1 aliphatic rings. The van der Waals surface area contributed by atoms with Crippen molar-refractivity contribution in [3.05, 3.63) is 66.4 Å². The molecule has 1 N–H and O–H groups in total. The number of H-pyrrole nitrogens is 1. The van der Waals surface area contributed by atoms with Crippen LogP contribution in [-0.4, -0.2) is 59.7 Å². The van der Waals surface area contributed by atoms with E-state index >= 15 is 0 Å². The van der Waals surface area contributed by atoms with Gasteiger partial charge in [0.25, 0.3) is 0 Å². The van der Waals surface area contributed by atoms with Crippen molar-refractivity contribution in [2.45, 2.75) is 18.4 Å². The molecule has 180 valence electrons. The molecule has 0 saturated carbocycles. The average Bonchev–Trinajstić information content (AvgIpc) is 3.31. The highest BCUT2D eigenvalue weighted by Gasteiger charge is 2.21. The highest BCUT2D eigenvalue weighted by molar-refractivity contribution is 7.91. The molecule has 0 aliphatic carbocycles. The van der Waals surface area contributed by atoms with Crippen LogP contribution in [0, 0.1) is 0 Å². The van der Waals surface area contributed by atoms with Crippen LogP contribution >= 0.6 is 0 Å². The number of nitrogens with zero attached hydrogens (tertiary/aromatic N) is 3. The fraction of sp³-hybridized carbons (Fsp3) is 0.240. The van der Waals surface area contributed by atoms with E-state index in [1.807, 2.05) is 30.3 Å². The lowest BCUT2D eigenvalue weighted by Gasteiger charge is -2.27. The van der Waals surface area contributed by atoms with Gasteiger partial charge in [-0.2, -0.15) is 0 Å². The number of sulfone groups is 1. The Labute approximate surface area is 202 Å². The third-order valence-electron chi connectivity index (χ3n) is 5.79. The summed E-state index contributed by atoms with van der Waals surface area (Å²) in [6.45, 7) is 3.01. The van der Waals surface area contributed by atoms with Crippen LogP contribution in [0.2, 0.25) is 0 Å². The van der Waals surface area contributed by atoms with Gasteiger partial charge in [-0.3, -0.25) is 9.78 Å². The molecule has 0 bridgehead atoms. The van der Waals surface area contributed by atoms with Gasteiger partial charge in [0.15, 0.2) is 15.7 Å². The van der Waals surface area contributed by atoms with Gasteiger partial charge in [-0.05, 0) is 42.5 Å². The number of hydrogen-bond donors (Lipinski definition) is 1. The van der Waals surface area contributed by atoms with E-state index in [1.54, 1.807) is 30.2 Å². The van der Waals surface area contributed by atoms with E-state index in [2.05, 4.69) is 9.97 Å². The molecule has 1 fully saturated rings. The molecule has 5 rings (SSSR count). The van der Waals surface area contributed by atoms with Crippen molar-refractivity contribution in [3.63, 3.8) is 0 Å². The summed E-state index contributed by atoms with van der Waals surface area (Å²) in [6.07, 6.45) is 1.70. The molecule has 1 amide bonds. The Hall–Kier alpha value is -3.76. The summed E-state index contributed by atoms with van der Waals surface area (Å²) < 4.78 is 35.5. The number of rotatable bonds is 7. The van der Waals surface area contributed by atoms with E-state index in [-0.39, 0.29) is 23.2 Å². The summed E-state index contributed by atoms with van der Waals surface area (Å²) in [6, 6.07) is 15.6. The second-order valence-electron chi connectivity index (χ2n) is 8.12. The Morgan fingerprint density at radius 1 is 1.11 bits per heavy atom. The number of pyridine rings is 1. The lowest BCUT2D eigenvalue weighted by molar-refractivity contribution is -0.143. The Balaban J connectivity index is 1.51. The number of aromatic amines is 1. The Kier molecular flexibility index (Phi) is 6.23.